The molecule has 0 radical (unpaired) electrons. The third kappa shape index (κ3) is 7.19. The van der Waals surface area contributed by atoms with Crippen molar-refractivity contribution in [3.8, 4) is 5.75 Å². The second-order valence-electron chi connectivity index (χ2n) is 5.97. The molecule has 0 amide bonds. The van der Waals surface area contributed by atoms with Crippen LogP contribution in [-0.2, 0) is 11.3 Å². The molecule has 1 aromatic rings. The summed E-state index contributed by atoms with van der Waals surface area (Å²) in [6.07, 6.45) is 1.12. The Morgan fingerprint density at radius 2 is 2.24 bits per heavy atom. The molecule has 1 fully saturated rings. The third-order valence-electron chi connectivity index (χ3n) is 3.98. The van der Waals surface area contributed by atoms with E-state index in [9.17, 15) is 0 Å². The van der Waals surface area contributed by atoms with Gasteiger partial charge in [0.15, 0.2) is 5.96 Å². The maximum atomic E-state index is 6.06. The van der Waals surface area contributed by atoms with Gasteiger partial charge in [0.2, 0.25) is 0 Å². The van der Waals surface area contributed by atoms with Gasteiger partial charge in [0.25, 0.3) is 0 Å². The van der Waals surface area contributed by atoms with Crippen LogP contribution in [0, 0.1) is 5.92 Å². The fraction of sp³-hybridized carbons (Fsp3) is 0.611. The Labute approximate surface area is 173 Å². The number of aliphatic imine (C=N–C) groups is 1. The van der Waals surface area contributed by atoms with Crippen LogP contribution in [0.5, 0.6) is 5.75 Å². The first-order valence-corrected chi connectivity index (χ1v) is 9.00. The maximum absolute atomic E-state index is 6.06. The topological polar surface area (TPSA) is 46.1 Å². The Balaban J connectivity index is 0.00000312. The minimum absolute atomic E-state index is 0. The van der Waals surface area contributed by atoms with Crippen molar-refractivity contribution < 1.29 is 9.47 Å². The fourth-order valence-electron chi connectivity index (χ4n) is 2.78. The zero-order valence-electron chi connectivity index (χ0n) is 15.3. The number of ether oxygens (including phenoxy) is 2. The van der Waals surface area contributed by atoms with Crippen LogP contribution in [0.2, 0.25) is 5.02 Å². The summed E-state index contributed by atoms with van der Waals surface area (Å²) in [5.41, 5.74) is 1.04. The van der Waals surface area contributed by atoms with Crippen molar-refractivity contribution in [2.45, 2.75) is 26.8 Å². The fourth-order valence-corrected chi connectivity index (χ4v) is 2.94. The highest BCUT2D eigenvalue weighted by Gasteiger charge is 2.19. The first-order chi connectivity index (χ1) is 11.6. The SMILES string of the molecule is CCNC(=NCc1ccc(Cl)cc1OCC)N(C)CC1CCOC1.I. The molecule has 2 rings (SSSR count). The first-order valence-electron chi connectivity index (χ1n) is 8.62. The van der Waals surface area contributed by atoms with Gasteiger partial charge in [0.1, 0.15) is 5.75 Å². The molecule has 0 bridgehead atoms. The van der Waals surface area contributed by atoms with Crippen LogP contribution in [0.4, 0.5) is 0 Å². The number of halogens is 2. The molecule has 142 valence electrons. The smallest absolute Gasteiger partial charge is 0.193 e. The summed E-state index contributed by atoms with van der Waals surface area (Å²) in [5, 5.41) is 4.03. The standard InChI is InChI=1S/C18H28ClN3O2.HI/c1-4-20-18(22(3)12-14-8-9-23-13-14)21-11-15-6-7-16(19)10-17(15)24-5-2;/h6-7,10,14H,4-5,8-9,11-13H2,1-3H3,(H,20,21);1H. The molecule has 0 aliphatic carbocycles. The Bertz CT molecular complexity index is 551. The van der Waals surface area contributed by atoms with E-state index in [2.05, 4.69) is 24.2 Å². The Morgan fingerprint density at radius 1 is 1.44 bits per heavy atom. The van der Waals surface area contributed by atoms with E-state index in [0.29, 0.717) is 24.1 Å². The summed E-state index contributed by atoms with van der Waals surface area (Å²) < 4.78 is 11.1. The summed E-state index contributed by atoms with van der Waals surface area (Å²) in [6.45, 7) is 8.71. The average molecular weight is 482 g/mol. The number of rotatable bonds is 7. The van der Waals surface area contributed by atoms with Crippen LogP contribution in [0.1, 0.15) is 25.8 Å². The minimum atomic E-state index is 0. The molecule has 1 aromatic carbocycles. The molecule has 1 aliphatic rings. The molecule has 7 heteroatoms. The summed E-state index contributed by atoms with van der Waals surface area (Å²) in [5.74, 6) is 2.28. The van der Waals surface area contributed by atoms with Gasteiger partial charge in [0, 0.05) is 43.2 Å². The van der Waals surface area contributed by atoms with E-state index < -0.39 is 0 Å². The molecule has 1 unspecified atom stereocenters. The Kier molecular flexibility index (Phi) is 10.5. The van der Waals surface area contributed by atoms with Gasteiger partial charge in [0.05, 0.1) is 19.8 Å². The molecule has 25 heavy (non-hydrogen) atoms. The van der Waals surface area contributed by atoms with Crippen LogP contribution in [0.3, 0.4) is 0 Å². The summed E-state index contributed by atoms with van der Waals surface area (Å²) in [7, 11) is 2.07. The van der Waals surface area contributed by atoms with E-state index in [1.807, 2.05) is 25.1 Å². The summed E-state index contributed by atoms with van der Waals surface area (Å²) in [4.78, 5) is 6.95. The molecule has 5 nitrogen and oxygen atoms in total. The number of hydrogen-bond donors (Lipinski definition) is 1. The highest BCUT2D eigenvalue weighted by Crippen LogP contribution is 2.24. The van der Waals surface area contributed by atoms with Crippen molar-refractivity contribution in [2.24, 2.45) is 10.9 Å². The van der Waals surface area contributed by atoms with Gasteiger partial charge in [-0.2, -0.15) is 0 Å². The van der Waals surface area contributed by atoms with E-state index >= 15 is 0 Å². The number of guanidine groups is 1. The third-order valence-corrected chi connectivity index (χ3v) is 4.22. The van der Waals surface area contributed by atoms with Crippen LogP contribution in [0.25, 0.3) is 0 Å². The van der Waals surface area contributed by atoms with Crippen LogP contribution in [-0.4, -0.2) is 50.8 Å². The van der Waals surface area contributed by atoms with Gasteiger partial charge in [-0.1, -0.05) is 17.7 Å². The predicted octanol–water partition coefficient (Wildman–Crippen LogP) is 3.79. The van der Waals surface area contributed by atoms with Crippen molar-refractivity contribution in [3.63, 3.8) is 0 Å². The van der Waals surface area contributed by atoms with E-state index in [-0.39, 0.29) is 24.0 Å². The number of nitrogens with one attached hydrogen (secondary N) is 1. The molecule has 1 atom stereocenters. The normalized spacial score (nSPS) is 17.1. The van der Waals surface area contributed by atoms with E-state index in [1.165, 1.54) is 0 Å². The van der Waals surface area contributed by atoms with Gasteiger partial charge < -0.3 is 19.7 Å². The van der Waals surface area contributed by atoms with Crippen molar-refractivity contribution >= 4 is 41.5 Å². The zero-order valence-corrected chi connectivity index (χ0v) is 18.3. The minimum Gasteiger partial charge on any atom is -0.493 e. The van der Waals surface area contributed by atoms with E-state index in [1.54, 1.807) is 0 Å². The van der Waals surface area contributed by atoms with Gasteiger partial charge in [-0.3, -0.25) is 0 Å². The molecule has 1 saturated heterocycles. The van der Waals surface area contributed by atoms with Gasteiger partial charge in [-0.05, 0) is 32.4 Å². The van der Waals surface area contributed by atoms with Crippen molar-refractivity contribution in [3.05, 3.63) is 28.8 Å². The van der Waals surface area contributed by atoms with Gasteiger partial charge >= 0.3 is 0 Å². The van der Waals surface area contributed by atoms with Gasteiger partial charge in [-0.15, -0.1) is 24.0 Å². The second-order valence-corrected chi connectivity index (χ2v) is 6.40. The highest BCUT2D eigenvalue weighted by atomic mass is 127. The summed E-state index contributed by atoms with van der Waals surface area (Å²) in [6, 6.07) is 5.70. The van der Waals surface area contributed by atoms with Crippen molar-refractivity contribution in [1.82, 2.24) is 10.2 Å². The van der Waals surface area contributed by atoms with Crippen LogP contribution in [0.15, 0.2) is 23.2 Å². The van der Waals surface area contributed by atoms with Gasteiger partial charge in [-0.25, -0.2) is 4.99 Å². The number of hydrogen-bond acceptors (Lipinski definition) is 3. The second kappa shape index (κ2) is 11.8. The molecule has 1 heterocycles. The van der Waals surface area contributed by atoms with Crippen LogP contribution < -0.4 is 10.1 Å². The molecule has 0 spiro atoms. The maximum Gasteiger partial charge on any atom is 0.193 e. The molecule has 0 aromatic heterocycles. The molecule has 1 N–H and O–H groups in total. The zero-order chi connectivity index (χ0) is 17.4. The van der Waals surface area contributed by atoms with E-state index in [0.717, 1.165) is 50.0 Å². The highest BCUT2D eigenvalue weighted by molar-refractivity contribution is 14.0. The number of benzene rings is 1. The Hall–Kier alpha value is -0.730. The van der Waals surface area contributed by atoms with E-state index in [4.69, 9.17) is 26.1 Å². The lowest BCUT2D eigenvalue weighted by atomic mass is 10.1. The van der Waals surface area contributed by atoms with Crippen molar-refractivity contribution in [1.29, 1.82) is 0 Å². The lowest BCUT2D eigenvalue weighted by molar-refractivity contribution is 0.181. The predicted molar refractivity (Wildman–Crippen MR) is 114 cm³/mol. The average Bonchev–Trinajstić information content (AvgIpc) is 3.06. The molecule has 0 saturated carbocycles. The Morgan fingerprint density at radius 3 is 2.88 bits per heavy atom. The molecular formula is C18H29ClIN3O2. The molecular weight excluding hydrogens is 453 g/mol. The first kappa shape index (κ1) is 22.3. The van der Waals surface area contributed by atoms with Crippen LogP contribution >= 0.6 is 35.6 Å². The molecule has 1 aliphatic heterocycles. The quantitative estimate of drug-likeness (QED) is 0.366. The monoisotopic (exact) mass is 481 g/mol. The van der Waals surface area contributed by atoms with Crippen molar-refractivity contribution in [2.75, 3.05) is 40.0 Å². The number of nitrogens with zero attached hydrogens (tertiary/aromatic N) is 2. The largest absolute Gasteiger partial charge is 0.493 e. The lowest BCUT2D eigenvalue weighted by Crippen LogP contribution is -2.41. The lowest BCUT2D eigenvalue weighted by Gasteiger charge is -2.24. The summed E-state index contributed by atoms with van der Waals surface area (Å²) >= 11 is 6.06.